The summed E-state index contributed by atoms with van der Waals surface area (Å²) in [4.78, 5) is 12.7. The second-order valence-electron chi connectivity index (χ2n) is 7.06. The first kappa shape index (κ1) is 20.1. The molecule has 9 nitrogen and oxygen atoms in total. The highest BCUT2D eigenvalue weighted by Crippen LogP contribution is 2.22. The molecule has 0 saturated carbocycles. The van der Waals surface area contributed by atoms with Gasteiger partial charge >= 0.3 is 0 Å². The molecule has 30 heavy (non-hydrogen) atoms. The van der Waals surface area contributed by atoms with E-state index < -0.39 is 4.92 Å². The zero-order valence-electron chi connectivity index (χ0n) is 16.4. The predicted octanol–water partition coefficient (Wildman–Crippen LogP) is 2.81. The van der Waals surface area contributed by atoms with E-state index in [2.05, 4.69) is 32.5 Å². The first-order valence-electron chi connectivity index (χ1n) is 9.85. The van der Waals surface area contributed by atoms with Gasteiger partial charge in [0.05, 0.1) is 24.7 Å². The van der Waals surface area contributed by atoms with Crippen molar-refractivity contribution in [3.8, 4) is 11.5 Å². The largest absolute Gasteiger partial charge is 0.419 e. The van der Waals surface area contributed by atoms with E-state index in [1.807, 2.05) is 18.2 Å². The Morgan fingerprint density at radius 2 is 1.80 bits per heavy atom. The van der Waals surface area contributed by atoms with Gasteiger partial charge in [-0.2, -0.15) is 0 Å². The Morgan fingerprint density at radius 1 is 1.07 bits per heavy atom. The molecule has 1 aliphatic rings. The minimum atomic E-state index is -0.439. The van der Waals surface area contributed by atoms with Gasteiger partial charge in [0.25, 0.3) is 5.69 Å². The summed E-state index contributed by atoms with van der Waals surface area (Å²) < 4.78 is 11.2. The fraction of sp³-hybridized carbons (Fsp3) is 0.333. The van der Waals surface area contributed by atoms with Gasteiger partial charge in [0.15, 0.2) is 0 Å². The van der Waals surface area contributed by atoms with Crippen LogP contribution in [0, 0.1) is 10.1 Å². The molecule has 1 atom stereocenters. The van der Waals surface area contributed by atoms with Crippen LogP contribution in [-0.4, -0.2) is 52.9 Å². The molecule has 1 aromatic heterocycles. The van der Waals surface area contributed by atoms with Crippen LogP contribution in [0.5, 0.6) is 0 Å². The summed E-state index contributed by atoms with van der Waals surface area (Å²) in [5.74, 6) is 0.803. The summed E-state index contributed by atoms with van der Waals surface area (Å²) in [6.07, 6.45) is 0. The molecule has 1 aliphatic heterocycles. The molecule has 1 N–H and O–H groups in total. The molecule has 0 bridgehead atoms. The standard InChI is InChI=1S/C21H23N5O4/c27-26(28)18-8-6-17(7-9-18)21-24-23-20(30-21)14-22-19(16-4-2-1-3-5-16)15-25-10-12-29-13-11-25/h1-9,19,22H,10-15H2. The summed E-state index contributed by atoms with van der Waals surface area (Å²) in [6, 6.07) is 16.4. The minimum Gasteiger partial charge on any atom is -0.419 e. The lowest BCUT2D eigenvalue weighted by Crippen LogP contribution is -2.41. The number of nitro benzene ring substituents is 1. The number of morpholine rings is 1. The van der Waals surface area contributed by atoms with Crippen LogP contribution >= 0.6 is 0 Å². The van der Waals surface area contributed by atoms with E-state index in [0.717, 1.165) is 32.8 Å². The smallest absolute Gasteiger partial charge is 0.269 e. The Bertz CT molecular complexity index is 955. The van der Waals surface area contributed by atoms with Gasteiger partial charge in [0, 0.05) is 43.4 Å². The van der Waals surface area contributed by atoms with Crippen LogP contribution in [0.4, 0.5) is 5.69 Å². The topological polar surface area (TPSA) is 107 Å². The van der Waals surface area contributed by atoms with Crippen molar-refractivity contribution in [2.24, 2.45) is 0 Å². The lowest BCUT2D eigenvalue weighted by molar-refractivity contribution is -0.384. The van der Waals surface area contributed by atoms with Crippen LogP contribution in [0.3, 0.4) is 0 Å². The van der Waals surface area contributed by atoms with Gasteiger partial charge in [-0.15, -0.1) is 10.2 Å². The number of nitrogens with one attached hydrogen (secondary N) is 1. The molecule has 0 amide bonds. The van der Waals surface area contributed by atoms with Gasteiger partial charge in [-0.3, -0.25) is 15.0 Å². The molecule has 156 valence electrons. The molecule has 0 spiro atoms. The van der Waals surface area contributed by atoms with E-state index >= 15 is 0 Å². The molecule has 2 aromatic carbocycles. The second kappa shape index (κ2) is 9.57. The van der Waals surface area contributed by atoms with E-state index in [0.29, 0.717) is 23.9 Å². The number of nitrogens with zero attached hydrogens (tertiary/aromatic N) is 4. The van der Waals surface area contributed by atoms with Gasteiger partial charge in [-0.25, -0.2) is 0 Å². The van der Waals surface area contributed by atoms with Crippen molar-refractivity contribution in [1.29, 1.82) is 0 Å². The third kappa shape index (κ3) is 5.07. The van der Waals surface area contributed by atoms with Gasteiger partial charge in [0.2, 0.25) is 11.8 Å². The van der Waals surface area contributed by atoms with E-state index in [-0.39, 0.29) is 11.7 Å². The van der Waals surface area contributed by atoms with Gasteiger partial charge < -0.3 is 14.5 Å². The summed E-state index contributed by atoms with van der Waals surface area (Å²) >= 11 is 0. The molecule has 1 unspecified atom stereocenters. The summed E-state index contributed by atoms with van der Waals surface area (Å²) in [5.41, 5.74) is 1.86. The van der Waals surface area contributed by atoms with Crippen molar-refractivity contribution in [3.05, 3.63) is 76.2 Å². The normalized spacial score (nSPS) is 15.7. The zero-order valence-corrected chi connectivity index (χ0v) is 16.4. The van der Waals surface area contributed by atoms with E-state index in [1.165, 1.54) is 17.7 Å². The fourth-order valence-corrected chi connectivity index (χ4v) is 3.39. The highest BCUT2D eigenvalue weighted by Gasteiger charge is 2.19. The van der Waals surface area contributed by atoms with Gasteiger partial charge in [-0.1, -0.05) is 30.3 Å². The first-order valence-corrected chi connectivity index (χ1v) is 9.85. The molecule has 0 radical (unpaired) electrons. The third-order valence-electron chi connectivity index (χ3n) is 5.04. The molecule has 1 saturated heterocycles. The number of nitro groups is 1. The van der Waals surface area contributed by atoms with Crippen molar-refractivity contribution in [3.63, 3.8) is 0 Å². The summed E-state index contributed by atoms with van der Waals surface area (Å²) in [7, 11) is 0. The maximum absolute atomic E-state index is 10.8. The van der Waals surface area contributed by atoms with Crippen molar-refractivity contribution in [2.45, 2.75) is 12.6 Å². The number of ether oxygens (including phenoxy) is 1. The number of hydrogen-bond donors (Lipinski definition) is 1. The number of aromatic nitrogens is 2. The van der Waals surface area contributed by atoms with Crippen LogP contribution in [0.1, 0.15) is 17.5 Å². The van der Waals surface area contributed by atoms with Crippen LogP contribution < -0.4 is 5.32 Å². The van der Waals surface area contributed by atoms with Crippen molar-refractivity contribution in [1.82, 2.24) is 20.4 Å². The van der Waals surface area contributed by atoms with E-state index in [4.69, 9.17) is 9.15 Å². The molecular weight excluding hydrogens is 386 g/mol. The van der Waals surface area contributed by atoms with Crippen LogP contribution in [0.2, 0.25) is 0 Å². The average molecular weight is 409 g/mol. The highest BCUT2D eigenvalue weighted by molar-refractivity contribution is 5.55. The molecule has 0 aliphatic carbocycles. The molecule has 9 heteroatoms. The zero-order chi connectivity index (χ0) is 20.8. The quantitative estimate of drug-likeness (QED) is 0.447. The molecule has 4 rings (SSSR count). The highest BCUT2D eigenvalue weighted by atomic mass is 16.6. The first-order chi connectivity index (χ1) is 14.7. The Hall–Kier alpha value is -3.14. The predicted molar refractivity (Wildman–Crippen MR) is 110 cm³/mol. The number of rotatable bonds is 8. The van der Waals surface area contributed by atoms with Crippen LogP contribution in [0.25, 0.3) is 11.5 Å². The monoisotopic (exact) mass is 409 g/mol. The lowest BCUT2D eigenvalue weighted by Gasteiger charge is -2.31. The van der Waals surface area contributed by atoms with Crippen molar-refractivity contribution >= 4 is 5.69 Å². The Labute approximate surface area is 173 Å². The average Bonchev–Trinajstić information content (AvgIpc) is 3.27. The fourth-order valence-electron chi connectivity index (χ4n) is 3.39. The Kier molecular flexibility index (Phi) is 6.43. The SMILES string of the molecule is O=[N+]([O-])c1ccc(-c2nnc(CNC(CN3CCOCC3)c3ccccc3)o2)cc1. The second-order valence-corrected chi connectivity index (χ2v) is 7.06. The lowest BCUT2D eigenvalue weighted by atomic mass is 10.1. The maximum Gasteiger partial charge on any atom is 0.269 e. The Balaban J connectivity index is 1.42. The number of benzene rings is 2. The van der Waals surface area contributed by atoms with Crippen molar-refractivity contribution < 1.29 is 14.1 Å². The van der Waals surface area contributed by atoms with Gasteiger partial charge in [0.1, 0.15) is 0 Å². The number of non-ortho nitro benzene ring substituents is 1. The van der Waals surface area contributed by atoms with Crippen LogP contribution in [0.15, 0.2) is 59.0 Å². The molecule has 1 fully saturated rings. The van der Waals surface area contributed by atoms with Gasteiger partial charge in [-0.05, 0) is 17.7 Å². The van der Waals surface area contributed by atoms with E-state index in [9.17, 15) is 10.1 Å². The van der Waals surface area contributed by atoms with E-state index in [1.54, 1.807) is 12.1 Å². The Morgan fingerprint density at radius 3 is 2.50 bits per heavy atom. The number of hydrogen-bond acceptors (Lipinski definition) is 8. The minimum absolute atomic E-state index is 0.0222. The summed E-state index contributed by atoms with van der Waals surface area (Å²) in [6.45, 7) is 4.61. The van der Waals surface area contributed by atoms with Crippen molar-refractivity contribution in [2.75, 3.05) is 32.8 Å². The maximum atomic E-state index is 10.8. The molecule has 2 heterocycles. The third-order valence-corrected chi connectivity index (χ3v) is 5.04. The van der Waals surface area contributed by atoms with Crippen LogP contribution in [-0.2, 0) is 11.3 Å². The molecular formula is C21H23N5O4. The molecule has 3 aromatic rings. The summed E-state index contributed by atoms with van der Waals surface area (Å²) in [5, 5.41) is 22.5.